The fraction of sp³-hybridized carbons (Fsp3) is 0.200. The van der Waals surface area contributed by atoms with Crippen molar-refractivity contribution in [3.63, 3.8) is 0 Å². The molecule has 0 aliphatic heterocycles. The van der Waals surface area contributed by atoms with Crippen molar-refractivity contribution in [2.75, 3.05) is 17.7 Å². The van der Waals surface area contributed by atoms with Crippen molar-refractivity contribution < 1.29 is 9.53 Å². The molecular formula is C15H17N3O2. The maximum absolute atomic E-state index is 11.1. The fourth-order valence-corrected chi connectivity index (χ4v) is 1.68. The molecule has 2 rings (SSSR count). The number of pyridine rings is 1. The van der Waals surface area contributed by atoms with Gasteiger partial charge in [0.15, 0.2) is 0 Å². The third kappa shape index (κ3) is 3.98. The zero-order valence-electron chi connectivity index (χ0n) is 11.5. The summed E-state index contributed by atoms with van der Waals surface area (Å²) in [6.07, 6.45) is 1.36. The normalized spacial score (nSPS) is 9.90. The van der Waals surface area contributed by atoms with Crippen molar-refractivity contribution in [3.8, 4) is 0 Å². The molecule has 2 N–H and O–H groups in total. The molecule has 1 aromatic carbocycles. The van der Waals surface area contributed by atoms with Gasteiger partial charge in [-0.05, 0) is 36.8 Å². The molecule has 0 fully saturated rings. The highest BCUT2D eigenvalue weighted by molar-refractivity contribution is 5.85. The van der Waals surface area contributed by atoms with Crippen LogP contribution in [0.1, 0.15) is 11.3 Å². The zero-order valence-corrected chi connectivity index (χ0v) is 11.5. The van der Waals surface area contributed by atoms with Gasteiger partial charge in [0.1, 0.15) is 0 Å². The number of nitrogens with zero attached hydrogens (tertiary/aromatic N) is 1. The molecule has 1 aromatic heterocycles. The van der Waals surface area contributed by atoms with E-state index >= 15 is 0 Å². The van der Waals surface area contributed by atoms with Gasteiger partial charge in [0.25, 0.3) is 0 Å². The van der Waals surface area contributed by atoms with E-state index < -0.39 is 6.09 Å². The van der Waals surface area contributed by atoms with Crippen LogP contribution in [-0.4, -0.2) is 18.2 Å². The van der Waals surface area contributed by atoms with Crippen molar-refractivity contribution in [3.05, 3.63) is 53.9 Å². The van der Waals surface area contributed by atoms with Crippen molar-refractivity contribution in [1.82, 2.24) is 4.98 Å². The SMILES string of the molecule is COC(=O)Nc1cccc(NCc2ccc(C)nc2)c1. The average Bonchev–Trinajstić information content (AvgIpc) is 2.47. The molecular weight excluding hydrogens is 254 g/mol. The second kappa shape index (κ2) is 6.56. The molecule has 0 saturated carbocycles. The minimum atomic E-state index is -0.482. The highest BCUT2D eigenvalue weighted by atomic mass is 16.5. The molecule has 0 unspecified atom stereocenters. The predicted octanol–water partition coefficient (Wildman–Crippen LogP) is 3.18. The van der Waals surface area contributed by atoms with Crippen LogP contribution in [0, 0.1) is 6.92 Å². The highest BCUT2D eigenvalue weighted by Gasteiger charge is 2.01. The number of rotatable bonds is 4. The highest BCUT2D eigenvalue weighted by Crippen LogP contribution is 2.16. The van der Waals surface area contributed by atoms with Gasteiger partial charge >= 0.3 is 6.09 Å². The second-order valence-electron chi connectivity index (χ2n) is 4.36. The summed E-state index contributed by atoms with van der Waals surface area (Å²) >= 11 is 0. The van der Waals surface area contributed by atoms with Gasteiger partial charge in [-0.3, -0.25) is 10.3 Å². The van der Waals surface area contributed by atoms with E-state index in [1.165, 1.54) is 7.11 Å². The number of amides is 1. The Hall–Kier alpha value is -2.56. The molecule has 20 heavy (non-hydrogen) atoms. The molecule has 0 radical (unpaired) electrons. The molecule has 1 amide bonds. The monoisotopic (exact) mass is 271 g/mol. The number of anilines is 2. The van der Waals surface area contributed by atoms with Crippen LogP contribution in [0.2, 0.25) is 0 Å². The minimum absolute atomic E-state index is 0.482. The van der Waals surface area contributed by atoms with E-state index in [0.29, 0.717) is 12.2 Å². The summed E-state index contributed by atoms with van der Waals surface area (Å²) in [4.78, 5) is 15.4. The maximum atomic E-state index is 11.1. The number of carbonyl (C=O) groups excluding carboxylic acids is 1. The lowest BCUT2D eigenvalue weighted by Crippen LogP contribution is -2.11. The van der Waals surface area contributed by atoms with Gasteiger partial charge in [0, 0.05) is 29.8 Å². The Kier molecular flexibility index (Phi) is 4.55. The molecule has 2 aromatic rings. The van der Waals surface area contributed by atoms with Gasteiger partial charge in [-0.15, -0.1) is 0 Å². The number of carbonyl (C=O) groups is 1. The van der Waals surface area contributed by atoms with Crippen molar-refractivity contribution in [1.29, 1.82) is 0 Å². The Morgan fingerprint density at radius 3 is 2.75 bits per heavy atom. The molecule has 0 spiro atoms. The number of hydrogen-bond acceptors (Lipinski definition) is 4. The third-order valence-electron chi connectivity index (χ3n) is 2.76. The topological polar surface area (TPSA) is 63.2 Å². The minimum Gasteiger partial charge on any atom is -0.453 e. The maximum Gasteiger partial charge on any atom is 0.411 e. The molecule has 1 heterocycles. The lowest BCUT2D eigenvalue weighted by molar-refractivity contribution is 0.187. The van der Waals surface area contributed by atoms with E-state index in [1.54, 1.807) is 6.07 Å². The Bertz CT molecular complexity index is 582. The van der Waals surface area contributed by atoms with Gasteiger partial charge in [0.05, 0.1) is 7.11 Å². The molecule has 0 atom stereocenters. The summed E-state index contributed by atoms with van der Waals surface area (Å²) in [7, 11) is 1.34. The summed E-state index contributed by atoms with van der Waals surface area (Å²) in [6.45, 7) is 2.63. The van der Waals surface area contributed by atoms with Crippen LogP contribution < -0.4 is 10.6 Å². The van der Waals surface area contributed by atoms with Crippen LogP contribution in [0.3, 0.4) is 0 Å². The quantitative estimate of drug-likeness (QED) is 0.896. The van der Waals surface area contributed by atoms with Crippen LogP contribution in [-0.2, 0) is 11.3 Å². The molecule has 104 valence electrons. The number of aryl methyl sites for hydroxylation is 1. The van der Waals surface area contributed by atoms with E-state index in [0.717, 1.165) is 16.9 Å². The number of ether oxygens (including phenoxy) is 1. The Morgan fingerprint density at radius 1 is 1.25 bits per heavy atom. The fourth-order valence-electron chi connectivity index (χ4n) is 1.68. The predicted molar refractivity (Wildman–Crippen MR) is 78.8 cm³/mol. The molecule has 5 heteroatoms. The second-order valence-corrected chi connectivity index (χ2v) is 4.36. The molecule has 0 bridgehead atoms. The van der Waals surface area contributed by atoms with Crippen LogP contribution in [0.15, 0.2) is 42.6 Å². The standard InChI is InChI=1S/C15H17N3O2/c1-11-6-7-12(9-16-11)10-17-13-4-3-5-14(8-13)18-15(19)20-2/h3-9,17H,10H2,1-2H3,(H,18,19). The van der Waals surface area contributed by atoms with Gasteiger partial charge in [-0.25, -0.2) is 4.79 Å². The smallest absolute Gasteiger partial charge is 0.411 e. The van der Waals surface area contributed by atoms with Gasteiger partial charge < -0.3 is 10.1 Å². The number of methoxy groups -OCH3 is 1. The average molecular weight is 271 g/mol. The van der Waals surface area contributed by atoms with E-state index in [9.17, 15) is 4.79 Å². The molecule has 0 aliphatic rings. The van der Waals surface area contributed by atoms with Crippen molar-refractivity contribution in [2.45, 2.75) is 13.5 Å². The molecule has 0 aliphatic carbocycles. The number of benzene rings is 1. The lowest BCUT2D eigenvalue weighted by Gasteiger charge is -2.09. The summed E-state index contributed by atoms with van der Waals surface area (Å²) < 4.78 is 4.56. The number of hydrogen-bond donors (Lipinski definition) is 2. The molecule has 5 nitrogen and oxygen atoms in total. The van der Waals surface area contributed by atoms with E-state index in [2.05, 4.69) is 20.4 Å². The number of nitrogens with one attached hydrogen (secondary N) is 2. The van der Waals surface area contributed by atoms with Crippen molar-refractivity contribution >= 4 is 17.5 Å². The summed E-state index contributed by atoms with van der Waals surface area (Å²) in [5.41, 5.74) is 3.70. The van der Waals surface area contributed by atoms with Crippen molar-refractivity contribution in [2.24, 2.45) is 0 Å². The first-order chi connectivity index (χ1) is 9.67. The van der Waals surface area contributed by atoms with E-state index in [-0.39, 0.29) is 0 Å². The van der Waals surface area contributed by atoms with Gasteiger partial charge in [0.2, 0.25) is 0 Å². The summed E-state index contributed by atoms with van der Waals surface area (Å²) in [5, 5.41) is 5.90. The van der Waals surface area contributed by atoms with Gasteiger partial charge in [-0.1, -0.05) is 12.1 Å². The Balaban J connectivity index is 1.97. The van der Waals surface area contributed by atoms with E-state index in [4.69, 9.17) is 0 Å². The van der Waals surface area contributed by atoms with Crippen LogP contribution in [0.4, 0.5) is 16.2 Å². The van der Waals surface area contributed by atoms with E-state index in [1.807, 2.05) is 43.5 Å². The first kappa shape index (κ1) is 13.9. The first-order valence-electron chi connectivity index (χ1n) is 6.28. The zero-order chi connectivity index (χ0) is 14.4. The lowest BCUT2D eigenvalue weighted by atomic mass is 10.2. The molecule has 0 saturated heterocycles. The van der Waals surface area contributed by atoms with Crippen LogP contribution in [0.25, 0.3) is 0 Å². The van der Waals surface area contributed by atoms with Gasteiger partial charge in [-0.2, -0.15) is 0 Å². The Morgan fingerprint density at radius 2 is 2.05 bits per heavy atom. The largest absolute Gasteiger partial charge is 0.453 e. The Labute approximate surface area is 118 Å². The first-order valence-corrected chi connectivity index (χ1v) is 6.28. The van der Waals surface area contributed by atoms with Crippen LogP contribution in [0.5, 0.6) is 0 Å². The summed E-state index contributed by atoms with van der Waals surface area (Å²) in [6, 6.07) is 11.5. The third-order valence-corrected chi connectivity index (χ3v) is 2.76. The summed E-state index contributed by atoms with van der Waals surface area (Å²) in [5.74, 6) is 0. The number of aromatic nitrogens is 1. The van der Waals surface area contributed by atoms with Crippen LogP contribution >= 0.6 is 0 Å².